The van der Waals surface area contributed by atoms with Gasteiger partial charge in [-0.1, -0.05) is 51.1 Å². The zero-order valence-corrected chi connectivity index (χ0v) is 19.3. The summed E-state index contributed by atoms with van der Waals surface area (Å²) < 4.78 is 12.5. The number of fused-ring (bicyclic) bond motifs is 1. The predicted octanol–water partition coefficient (Wildman–Crippen LogP) is 4.00. The Labute approximate surface area is 192 Å². The van der Waals surface area contributed by atoms with Gasteiger partial charge >= 0.3 is 6.16 Å². The summed E-state index contributed by atoms with van der Waals surface area (Å²) in [5, 5.41) is 0.757. The largest absolute Gasteiger partial charge is 0.510 e. The van der Waals surface area contributed by atoms with Gasteiger partial charge in [0.15, 0.2) is 6.23 Å². The molecule has 0 radical (unpaired) electrons. The molecule has 1 fully saturated rings. The van der Waals surface area contributed by atoms with Crippen molar-refractivity contribution in [2.75, 3.05) is 18.9 Å². The first-order valence-corrected chi connectivity index (χ1v) is 11.0. The summed E-state index contributed by atoms with van der Waals surface area (Å²) in [5.41, 5.74) is 8.19. The van der Waals surface area contributed by atoms with E-state index in [1.165, 1.54) is 6.33 Å². The number of ether oxygens (including phenoxy) is 2. The molecule has 0 bridgehead atoms. The molecule has 0 aliphatic carbocycles. The minimum absolute atomic E-state index is 0.104. The zero-order chi connectivity index (χ0) is 23.8. The molecule has 3 aromatic rings. The summed E-state index contributed by atoms with van der Waals surface area (Å²) in [6.45, 7) is 7.80. The van der Waals surface area contributed by atoms with Crippen molar-refractivity contribution in [3.63, 3.8) is 0 Å². The summed E-state index contributed by atoms with van der Waals surface area (Å²) in [6, 6.07) is 9.70. The van der Waals surface area contributed by atoms with Crippen molar-refractivity contribution in [1.29, 1.82) is 0 Å². The molecular formula is C24H29N5O4. The topological polar surface area (TPSA) is 113 Å². The first kappa shape index (κ1) is 22.6. The van der Waals surface area contributed by atoms with Crippen LogP contribution in [-0.2, 0) is 14.3 Å². The Kier molecular flexibility index (Phi) is 5.97. The van der Waals surface area contributed by atoms with Crippen LogP contribution in [-0.4, -0.2) is 50.9 Å². The van der Waals surface area contributed by atoms with Crippen molar-refractivity contribution >= 4 is 28.9 Å². The predicted molar refractivity (Wildman–Crippen MR) is 124 cm³/mol. The maximum Gasteiger partial charge on any atom is 0.510 e. The molecule has 9 heteroatoms. The molecule has 0 unspecified atom stereocenters. The average molecular weight is 452 g/mol. The van der Waals surface area contributed by atoms with Crippen molar-refractivity contribution in [3.8, 4) is 11.1 Å². The van der Waals surface area contributed by atoms with Crippen LogP contribution in [0.1, 0.15) is 40.2 Å². The van der Waals surface area contributed by atoms with Gasteiger partial charge in [0.05, 0.1) is 18.0 Å². The normalized spacial score (nSPS) is 18.5. The van der Waals surface area contributed by atoms with Crippen LogP contribution in [0.4, 0.5) is 10.6 Å². The summed E-state index contributed by atoms with van der Waals surface area (Å²) in [6.07, 6.45) is 2.30. The monoisotopic (exact) mass is 451 g/mol. The number of benzene rings is 1. The summed E-state index contributed by atoms with van der Waals surface area (Å²) in [4.78, 5) is 35.6. The Morgan fingerprint density at radius 3 is 2.58 bits per heavy atom. The first-order chi connectivity index (χ1) is 15.7. The van der Waals surface area contributed by atoms with Gasteiger partial charge in [-0.15, -0.1) is 0 Å². The van der Waals surface area contributed by atoms with Crippen LogP contribution in [0.15, 0.2) is 42.9 Å². The van der Waals surface area contributed by atoms with Gasteiger partial charge in [-0.05, 0) is 12.5 Å². The molecule has 2 aromatic heterocycles. The van der Waals surface area contributed by atoms with E-state index >= 15 is 0 Å². The van der Waals surface area contributed by atoms with E-state index in [1.807, 2.05) is 61.9 Å². The van der Waals surface area contributed by atoms with Gasteiger partial charge < -0.3 is 24.7 Å². The lowest BCUT2D eigenvalue weighted by molar-refractivity contribution is -0.147. The van der Waals surface area contributed by atoms with E-state index < -0.39 is 17.8 Å². The SMILES string of the molecule is CCOC(=O)O[C@@H]1C[C@H](n2cc(-c3ccccc3)c3c(N)ncnc32)CN1C(=O)C(C)(C)C. The molecule has 2 N–H and O–H groups in total. The molecule has 1 amide bonds. The second kappa shape index (κ2) is 8.73. The van der Waals surface area contributed by atoms with Crippen molar-refractivity contribution in [1.82, 2.24) is 19.4 Å². The summed E-state index contributed by atoms with van der Waals surface area (Å²) in [7, 11) is 0. The minimum atomic E-state index is -0.788. The highest BCUT2D eigenvalue weighted by Gasteiger charge is 2.43. The Hall–Kier alpha value is -3.62. The molecule has 33 heavy (non-hydrogen) atoms. The molecule has 1 saturated heterocycles. The van der Waals surface area contributed by atoms with Crippen LogP contribution in [0, 0.1) is 5.41 Å². The van der Waals surface area contributed by atoms with Crippen LogP contribution in [0.5, 0.6) is 0 Å². The Balaban J connectivity index is 1.76. The fraction of sp³-hybridized carbons (Fsp3) is 0.417. The number of aromatic nitrogens is 3. The fourth-order valence-corrected chi connectivity index (χ4v) is 4.22. The number of carbonyl (C=O) groups is 2. The first-order valence-electron chi connectivity index (χ1n) is 11.0. The van der Waals surface area contributed by atoms with E-state index in [9.17, 15) is 9.59 Å². The van der Waals surface area contributed by atoms with Crippen molar-refractivity contribution in [2.45, 2.75) is 46.4 Å². The average Bonchev–Trinajstić information content (AvgIpc) is 3.36. The minimum Gasteiger partial charge on any atom is -0.435 e. The molecular weight excluding hydrogens is 422 g/mol. The Morgan fingerprint density at radius 1 is 1.18 bits per heavy atom. The third-order valence-corrected chi connectivity index (χ3v) is 5.74. The second-order valence-corrected chi connectivity index (χ2v) is 9.13. The third-order valence-electron chi connectivity index (χ3n) is 5.74. The molecule has 2 atom stereocenters. The molecule has 9 nitrogen and oxygen atoms in total. The van der Waals surface area contributed by atoms with Gasteiger partial charge in [-0.3, -0.25) is 4.79 Å². The Bertz CT molecular complexity index is 1170. The maximum absolute atomic E-state index is 13.2. The number of nitrogens with two attached hydrogens (primary N) is 1. The smallest absolute Gasteiger partial charge is 0.435 e. The van der Waals surface area contributed by atoms with E-state index in [0.717, 1.165) is 16.5 Å². The number of hydrogen-bond acceptors (Lipinski definition) is 7. The van der Waals surface area contributed by atoms with E-state index in [-0.39, 0.29) is 18.6 Å². The Morgan fingerprint density at radius 2 is 1.91 bits per heavy atom. The number of nitrogens with zero attached hydrogens (tertiary/aromatic N) is 4. The van der Waals surface area contributed by atoms with Crippen LogP contribution < -0.4 is 5.73 Å². The van der Waals surface area contributed by atoms with Crippen LogP contribution in [0.3, 0.4) is 0 Å². The molecule has 4 rings (SSSR count). The number of nitrogen functional groups attached to an aromatic ring is 1. The van der Waals surface area contributed by atoms with Crippen molar-refractivity contribution < 1.29 is 19.1 Å². The molecule has 1 aliphatic heterocycles. The van der Waals surface area contributed by atoms with Crippen LogP contribution >= 0.6 is 0 Å². The van der Waals surface area contributed by atoms with E-state index in [2.05, 4.69) is 9.97 Å². The molecule has 0 saturated carbocycles. The maximum atomic E-state index is 13.2. The van der Waals surface area contributed by atoms with Gasteiger partial charge in [0, 0.05) is 30.1 Å². The number of rotatable bonds is 4. The fourth-order valence-electron chi connectivity index (χ4n) is 4.22. The molecule has 0 spiro atoms. The molecule has 1 aliphatic rings. The van der Waals surface area contributed by atoms with E-state index in [4.69, 9.17) is 15.2 Å². The van der Waals surface area contributed by atoms with Gasteiger partial charge in [0.25, 0.3) is 0 Å². The summed E-state index contributed by atoms with van der Waals surface area (Å²) in [5.74, 6) is 0.283. The number of carbonyl (C=O) groups excluding carboxylic acids is 2. The number of hydrogen-bond donors (Lipinski definition) is 1. The zero-order valence-electron chi connectivity index (χ0n) is 19.3. The number of anilines is 1. The molecule has 3 heterocycles. The van der Waals surface area contributed by atoms with Crippen molar-refractivity contribution in [2.24, 2.45) is 5.41 Å². The molecule has 174 valence electrons. The third kappa shape index (κ3) is 4.35. The van der Waals surface area contributed by atoms with Crippen LogP contribution in [0.25, 0.3) is 22.2 Å². The van der Waals surface area contributed by atoms with E-state index in [1.54, 1.807) is 11.8 Å². The lowest BCUT2D eigenvalue weighted by Gasteiger charge is -2.30. The highest BCUT2D eigenvalue weighted by Crippen LogP contribution is 2.38. The number of amides is 1. The van der Waals surface area contributed by atoms with Crippen molar-refractivity contribution in [3.05, 3.63) is 42.9 Å². The highest BCUT2D eigenvalue weighted by atomic mass is 16.7. The number of likely N-dealkylation sites (tertiary alicyclic amines) is 1. The highest BCUT2D eigenvalue weighted by molar-refractivity contribution is 6.00. The lowest BCUT2D eigenvalue weighted by Crippen LogP contribution is -2.44. The van der Waals surface area contributed by atoms with Gasteiger partial charge in [-0.2, -0.15) is 0 Å². The van der Waals surface area contributed by atoms with Gasteiger partial charge in [-0.25, -0.2) is 14.8 Å². The van der Waals surface area contributed by atoms with Gasteiger partial charge in [0.1, 0.15) is 17.8 Å². The lowest BCUT2D eigenvalue weighted by atomic mass is 9.95. The second-order valence-electron chi connectivity index (χ2n) is 9.13. The summed E-state index contributed by atoms with van der Waals surface area (Å²) >= 11 is 0. The quantitative estimate of drug-likeness (QED) is 0.597. The van der Waals surface area contributed by atoms with Crippen LogP contribution in [0.2, 0.25) is 0 Å². The molecule has 1 aromatic carbocycles. The van der Waals surface area contributed by atoms with Gasteiger partial charge in [0.2, 0.25) is 5.91 Å². The van der Waals surface area contributed by atoms with E-state index in [0.29, 0.717) is 24.4 Å². The standard InChI is InChI=1S/C24H29N5O4/c1-5-32-23(31)33-18-11-16(12-29(18)22(30)24(2,3)4)28-13-17(15-9-7-6-8-10-15)19-20(25)26-14-27-21(19)28/h6-10,13-14,16,18H,5,11-12H2,1-4H3,(H2,25,26,27)/t16-,18+/m0/s1.